The van der Waals surface area contributed by atoms with Crippen molar-refractivity contribution in [1.29, 1.82) is 5.26 Å². The van der Waals surface area contributed by atoms with Gasteiger partial charge in [0, 0.05) is 12.1 Å². The van der Waals surface area contributed by atoms with Crippen molar-refractivity contribution in [3.05, 3.63) is 29.3 Å². The number of amides is 1. The van der Waals surface area contributed by atoms with Gasteiger partial charge in [0.1, 0.15) is 12.3 Å². The van der Waals surface area contributed by atoms with Gasteiger partial charge in [-0.1, -0.05) is 6.92 Å². The third-order valence-electron chi connectivity index (χ3n) is 2.49. The van der Waals surface area contributed by atoms with Crippen molar-refractivity contribution < 1.29 is 9.90 Å². The number of phenolic OH excluding ortho intramolecular Hbond substituents is 1. The topological polar surface area (TPSA) is 64.3 Å². The second-order valence-corrected chi connectivity index (χ2v) is 3.89. The molecule has 0 saturated heterocycles. The maximum atomic E-state index is 12.1. The molecule has 1 amide bonds. The molecule has 0 saturated carbocycles. The summed E-state index contributed by atoms with van der Waals surface area (Å²) < 4.78 is 0. The smallest absolute Gasteiger partial charge is 0.254 e. The van der Waals surface area contributed by atoms with E-state index in [1.54, 1.807) is 19.1 Å². The van der Waals surface area contributed by atoms with Crippen molar-refractivity contribution in [3.63, 3.8) is 0 Å². The molecule has 90 valence electrons. The second kappa shape index (κ2) is 5.90. The Labute approximate surface area is 101 Å². The van der Waals surface area contributed by atoms with Gasteiger partial charge in [-0.15, -0.1) is 0 Å². The third kappa shape index (κ3) is 3.22. The zero-order valence-electron chi connectivity index (χ0n) is 10.1. The maximum Gasteiger partial charge on any atom is 0.254 e. The highest BCUT2D eigenvalue weighted by molar-refractivity contribution is 5.94. The molecule has 1 rings (SSSR count). The fraction of sp³-hybridized carbons (Fsp3) is 0.385. The summed E-state index contributed by atoms with van der Waals surface area (Å²) in [5.74, 6) is 0.000347. The Morgan fingerprint density at radius 3 is 2.76 bits per heavy atom. The summed E-state index contributed by atoms with van der Waals surface area (Å²) in [6, 6.07) is 6.69. The summed E-state index contributed by atoms with van der Waals surface area (Å²) >= 11 is 0. The zero-order valence-corrected chi connectivity index (χ0v) is 10.1. The SMILES string of the molecule is CCCN(CC#N)C(=O)c1ccc(O)c(C)c1. The highest BCUT2D eigenvalue weighted by Gasteiger charge is 2.15. The highest BCUT2D eigenvalue weighted by Crippen LogP contribution is 2.18. The summed E-state index contributed by atoms with van der Waals surface area (Å²) in [7, 11) is 0. The molecule has 4 heteroatoms. The number of hydrogen-bond acceptors (Lipinski definition) is 3. The first kappa shape index (κ1) is 13.0. The second-order valence-electron chi connectivity index (χ2n) is 3.89. The van der Waals surface area contributed by atoms with Crippen LogP contribution in [0.1, 0.15) is 29.3 Å². The van der Waals surface area contributed by atoms with Gasteiger partial charge in [-0.3, -0.25) is 4.79 Å². The molecule has 0 spiro atoms. The van der Waals surface area contributed by atoms with Crippen molar-refractivity contribution in [2.75, 3.05) is 13.1 Å². The molecule has 0 aliphatic rings. The number of aryl methyl sites for hydroxylation is 1. The lowest BCUT2D eigenvalue weighted by atomic mass is 10.1. The van der Waals surface area contributed by atoms with Crippen molar-refractivity contribution in [3.8, 4) is 11.8 Å². The Bertz CT molecular complexity index is 449. The molecule has 0 fully saturated rings. The van der Waals surface area contributed by atoms with Crippen molar-refractivity contribution in [1.82, 2.24) is 4.90 Å². The number of carbonyl (C=O) groups excluding carboxylic acids is 1. The number of aromatic hydroxyl groups is 1. The number of benzene rings is 1. The number of carbonyl (C=O) groups is 1. The Hall–Kier alpha value is -2.02. The van der Waals surface area contributed by atoms with E-state index < -0.39 is 0 Å². The molecule has 1 N–H and O–H groups in total. The Kier molecular flexibility index (Phi) is 4.53. The van der Waals surface area contributed by atoms with Crippen LogP contribution in [0.4, 0.5) is 0 Å². The molecule has 4 nitrogen and oxygen atoms in total. The monoisotopic (exact) mass is 232 g/mol. The van der Waals surface area contributed by atoms with Gasteiger partial charge < -0.3 is 10.0 Å². The molecular formula is C13H16N2O2. The lowest BCUT2D eigenvalue weighted by Crippen LogP contribution is -2.32. The van der Waals surface area contributed by atoms with E-state index in [2.05, 4.69) is 0 Å². The van der Waals surface area contributed by atoms with Gasteiger partial charge in [-0.2, -0.15) is 5.26 Å². The molecule has 17 heavy (non-hydrogen) atoms. The van der Waals surface area contributed by atoms with Crippen molar-refractivity contribution in [2.24, 2.45) is 0 Å². The van der Waals surface area contributed by atoms with Gasteiger partial charge >= 0.3 is 0 Å². The molecule has 0 bridgehead atoms. The van der Waals surface area contributed by atoms with E-state index in [0.717, 1.165) is 6.42 Å². The number of hydrogen-bond donors (Lipinski definition) is 1. The van der Waals surface area contributed by atoms with Crippen LogP contribution in [0.25, 0.3) is 0 Å². The third-order valence-corrected chi connectivity index (χ3v) is 2.49. The minimum Gasteiger partial charge on any atom is -0.508 e. The fourth-order valence-electron chi connectivity index (χ4n) is 1.58. The quantitative estimate of drug-likeness (QED) is 0.808. The molecule has 0 atom stereocenters. The van der Waals surface area contributed by atoms with Crippen LogP contribution in [0.2, 0.25) is 0 Å². The van der Waals surface area contributed by atoms with Gasteiger partial charge in [0.05, 0.1) is 6.07 Å². The van der Waals surface area contributed by atoms with Crippen molar-refractivity contribution >= 4 is 5.91 Å². The molecule has 0 aliphatic heterocycles. The van der Waals surface area contributed by atoms with E-state index >= 15 is 0 Å². The number of phenols is 1. The van der Waals surface area contributed by atoms with E-state index in [9.17, 15) is 9.90 Å². The molecular weight excluding hydrogens is 216 g/mol. The largest absolute Gasteiger partial charge is 0.508 e. The number of rotatable bonds is 4. The van der Waals surface area contributed by atoms with E-state index in [1.807, 2.05) is 13.0 Å². The maximum absolute atomic E-state index is 12.1. The molecule has 0 aliphatic carbocycles. The normalized spacial score (nSPS) is 9.71. The van der Waals surface area contributed by atoms with Gasteiger partial charge in [-0.25, -0.2) is 0 Å². The molecule has 1 aromatic carbocycles. The summed E-state index contributed by atoms with van der Waals surface area (Å²) in [4.78, 5) is 13.6. The van der Waals surface area contributed by atoms with Crippen LogP contribution < -0.4 is 0 Å². The number of nitriles is 1. The Morgan fingerprint density at radius 1 is 1.53 bits per heavy atom. The molecule has 0 radical (unpaired) electrons. The van der Waals surface area contributed by atoms with Gasteiger partial charge in [0.25, 0.3) is 5.91 Å². The number of nitrogens with zero attached hydrogens (tertiary/aromatic N) is 2. The highest BCUT2D eigenvalue weighted by atomic mass is 16.3. The van der Waals surface area contributed by atoms with E-state index in [0.29, 0.717) is 17.7 Å². The van der Waals surface area contributed by atoms with Gasteiger partial charge in [0.15, 0.2) is 0 Å². The van der Waals surface area contributed by atoms with Crippen LogP contribution in [0.5, 0.6) is 5.75 Å². The van der Waals surface area contributed by atoms with Crippen molar-refractivity contribution in [2.45, 2.75) is 20.3 Å². The minimum atomic E-state index is -0.170. The van der Waals surface area contributed by atoms with Crippen LogP contribution in [0, 0.1) is 18.3 Å². The lowest BCUT2D eigenvalue weighted by Gasteiger charge is -2.19. The first-order chi connectivity index (χ1) is 8.10. The Morgan fingerprint density at radius 2 is 2.24 bits per heavy atom. The van der Waals surface area contributed by atoms with Crippen LogP contribution in [0.3, 0.4) is 0 Å². The fourth-order valence-corrected chi connectivity index (χ4v) is 1.58. The van der Waals surface area contributed by atoms with Crippen LogP contribution in [0.15, 0.2) is 18.2 Å². The van der Waals surface area contributed by atoms with E-state index in [4.69, 9.17) is 5.26 Å². The first-order valence-corrected chi connectivity index (χ1v) is 5.56. The predicted octanol–water partition coefficient (Wildman–Crippen LogP) is 2.08. The van der Waals surface area contributed by atoms with Crippen LogP contribution >= 0.6 is 0 Å². The molecule has 0 aromatic heterocycles. The van der Waals surface area contributed by atoms with E-state index in [1.165, 1.54) is 11.0 Å². The predicted molar refractivity (Wildman–Crippen MR) is 64.7 cm³/mol. The average molecular weight is 232 g/mol. The average Bonchev–Trinajstić information content (AvgIpc) is 2.31. The van der Waals surface area contributed by atoms with Gasteiger partial charge in [0.2, 0.25) is 0 Å². The summed E-state index contributed by atoms with van der Waals surface area (Å²) in [5.41, 5.74) is 1.16. The van der Waals surface area contributed by atoms with E-state index in [-0.39, 0.29) is 18.2 Å². The summed E-state index contributed by atoms with van der Waals surface area (Å²) in [5, 5.41) is 18.1. The van der Waals surface area contributed by atoms with Gasteiger partial charge in [-0.05, 0) is 37.1 Å². The van der Waals surface area contributed by atoms with Crippen LogP contribution in [-0.4, -0.2) is 29.0 Å². The summed E-state index contributed by atoms with van der Waals surface area (Å²) in [6.45, 7) is 4.35. The minimum absolute atomic E-state index is 0.0899. The molecule has 1 aromatic rings. The lowest BCUT2D eigenvalue weighted by molar-refractivity contribution is 0.0776. The molecule has 0 unspecified atom stereocenters. The molecule has 0 heterocycles. The standard InChI is InChI=1S/C13H16N2O2/c1-3-7-15(8-6-14)13(17)11-4-5-12(16)10(2)9-11/h4-5,9,16H,3,7-8H2,1-2H3. The van der Waals surface area contributed by atoms with Crippen LogP contribution in [-0.2, 0) is 0 Å². The summed E-state index contributed by atoms with van der Waals surface area (Å²) in [6.07, 6.45) is 0.810. The first-order valence-electron chi connectivity index (χ1n) is 5.56. The zero-order chi connectivity index (χ0) is 12.8. The Balaban J connectivity index is 2.93.